The summed E-state index contributed by atoms with van der Waals surface area (Å²) in [5, 5.41) is 2.62. The van der Waals surface area contributed by atoms with Gasteiger partial charge in [-0.3, -0.25) is 10.1 Å². The third-order valence-electron chi connectivity index (χ3n) is 5.99. The van der Waals surface area contributed by atoms with Gasteiger partial charge in [-0.2, -0.15) is 0 Å². The lowest BCUT2D eigenvalue weighted by atomic mass is 9.94. The Kier molecular flexibility index (Phi) is 9.50. The van der Waals surface area contributed by atoms with Crippen molar-refractivity contribution in [1.82, 2.24) is 10.2 Å². The fourth-order valence-electron chi connectivity index (χ4n) is 3.93. The third kappa shape index (κ3) is 6.73. The Balaban J connectivity index is 2.24. The molecule has 2 atom stereocenters. The highest BCUT2D eigenvalue weighted by molar-refractivity contribution is 8.01. The standard InChI is InChI=1S/C27H34ClN3O7S2/c1-17(2)37-24(33)27(5,22(32)23-29-26(3,4)16-39-23)31(40(35,36)21-14-8-18(28)9-15-21)19-10-12-20(13-11-19)38-25(34)30(6)7/h8-15,17,23,29H,16H2,1-7H3/t23-,27+/m0/s1. The number of carbonyl (C=O) groups excluding carboxylic acids is 3. The van der Waals surface area contributed by atoms with Crippen molar-refractivity contribution < 1.29 is 32.3 Å². The molecule has 0 radical (unpaired) electrons. The number of hydrogen-bond acceptors (Lipinski definition) is 9. The van der Waals surface area contributed by atoms with Crippen molar-refractivity contribution in [3.63, 3.8) is 0 Å². The number of sulfonamides is 1. The first kappa shape index (κ1) is 31.7. The first-order chi connectivity index (χ1) is 18.5. The van der Waals surface area contributed by atoms with Crippen LogP contribution in [0.15, 0.2) is 53.4 Å². The zero-order chi connectivity index (χ0) is 30.0. The number of carbonyl (C=O) groups is 3. The van der Waals surface area contributed by atoms with Gasteiger partial charge in [-0.05, 0) is 83.1 Å². The number of ether oxygens (including phenoxy) is 2. The van der Waals surface area contributed by atoms with Crippen LogP contribution >= 0.6 is 23.4 Å². The van der Waals surface area contributed by atoms with Crippen molar-refractivity contribution in [2.75, 3.05) is 24.2 Å². The topological polar surface area (TPSA) is 122 Å². The smallest absolute Gasteiger partial charge is 0.414 e. The van der Waals surface area contributed by atoms with Gasteiger partial charge in [0, 0.05) is 30.4 Å². The highest BCUT2D eigenvalue weighted by atomic mass is 35.5. The Labute approximate surface area is 244 Å². The molecule has 0 aromatic heterocycles. The molecular weight excluding hydrogens is 578 g/mol. The van der Waals surface area contributed by atoms with Crippen LogP contribution in [0.4, 0.5) is 10.5 Å². The second kappa shape index (κ2) is 12.0. The maximum atomic E-state index is 14.3. The van der Waals surface area contributed by atoms with Gasteiger partial charge in [0.15, 0.2) is 5.78 Å². The van der Waals surface area contributed by atoms with E-state index in [0.717, 1.165) is 4.31 Å². The van der Waals surface area contributed by atoms with E-state index < -0.39 is 50.4 Å². The summed E-state index contributed by atoms with van der Waals surface area (Å²) >= 11 is 7.29. The van der Waals surface area contributed by atoms with E-state index >= 15 is 0 Å². The summed E-state index contributed by atoms with van der Waals surface area (Å²) in [7, 11) is -1.52. The molecule has 1 fully saturated rings. The van der Waals surface area contributed by atoms with Crippen LogP contribution in [0.5, 0.6) is 5.75 Å². The Bertz CT molecular complexity index is 1360. The predicted octanol–water partition coefficient (Wildman–Crippen LogP) is 4.32. The number of hydrogen-bond donors (Lipinski definition) is 1. The molecule has 1 heterocycles. The lowest BCUT2D eigenvalue weighted by Gasteiger charge is -2.40. The van der Waals surface area contributed by atoms with Crippen LogP contribution in [-0.4, -0.2) is 73.6 Å². The van der Waals surface area contributed by atoms with Crippen molar-refractivity contribution in [3.05, 3.63) is 53.6 Å². The molecule has 0 bridgehead atoms. The summed E-state index contributed by atoms with van der Waals surface area (Å²) in [6.45, 7) is 8.29. The van der Waals surface area contributed by atoms with Crippen LogP contribution in [0.2, 0.25) is 5.02 Å². The van der Waals surface area contributed by atoms with E-state index in [2.05, 4.69) is 5.32 Å². The fourth-order valence-corrected chi connectivity index (χ4v) is 7.24. The number of thioether (sulfide) groups is 1. The average molecular weight is 612 g/mol. The van der Waals surface area contributed by atoms with E-state index in [4.69, 9.17) is 21.1 Å². The molecule has 40 heavy (non-hydrogen) atoms. The van der Waals surface area contributed by atoms with E-state index in [1.807, 2.05) is 13.8 Å². The molecule has 0 aliphatic carbocycles. The summed E-state index contributed by atoms with van der Waals surface area (Å²) < 4.78 is 40.1. The quantitative estimate of drug-likeness (QED) is 0.326. The Morgan fingerprint density at radius 2 is 1.65 bits per heavy atom. The minimum absolute atomic E-state index is 0.0154. The molecule has 1 saturated heterocycles. The summed E-state index contributed by atoms with van der Waals surface area (Å²) in [4.78, 5) is 41.1. The molecule has 1 amide bonds. The van der Waals surface area contributed by atoms with E-state index in [1.54, 1.807) is 13.8 Å². The van der Waals surface area contributed by atoms with Crippen molar-refractivity contribution in [2.45, 2.75) is 62.1 Å². The lowest BCUT2D eigenvalue weighted by Crippen LogP contribution is -2.65. The van der Waals surface area contributed by atoms with Crippen LogP contribution in [0.25, 0.3) is 0 Å². The van der Waals surface area contributed by atoms with E-state index in [0.29, 0.717) is 10.8 Å². The highest BCUT2D eigenvalue weighted by Crippen LogP contribution is 2.38. The molecule has 13 heteroatoms. The third-order valence-corrected chi connectivity index (χ3v) is 9.72. The van der Waals surface area contributed by atoms with Crippen molar-refractivity contribution in [2.24, 2.45) is 0 Å². The van der Waals surface area contributed by atoms with Gasteiger partial charge < -0.3 is 14.4 Å². The monoisotopic (exact) mass is 611 g/mol. The largest absolute Gasteiger partial charge is 0.461 e. The van der Waals surface area contributed by atoms with Gasteiger partial charge in [0.25, 0.3) is 10.0 Å². The summed E-state index contributed by atoms with van der Waals surface area (Å²) in [5.41, 5.74) is -2.76. The van der Waals surface area contributed by atoms with Crippen LogP contribution < -0.4 is 14.4 Å². The molecule has 1 aliphatic rings. The average Bonchev–Trinajstić information content (AvgIpc) is 3.23. The maximum Gasteiger partial charge on any atom is 0.414 e. The lowest BCUT2D eigenvalue weighted by molar-refractivity contribution is -0.156. The van der Waals surface area contributed by atoms with Gasteiger partial charge in [-0.1, -0.05) is 11.6 Å². The molecule has 2 aromatic carbocycles. The summed E-state index contributed by atoms with van der Waals surface area (Å²) in [6, 6.07) is 10.9. The van der Waals surface area contributed by atoms with Crippen molar-refractivity contribution in [1.29, 1.82) is 0 Å². The van der Waals surface area contributed by atoms with Gasteiger partial charge in [0.1, 0.15) is 11.1 Å². The van der Waals surface area contributed by atoms with E-state index in [-0.39, 0.29) is 16.3 Å². The summed E-state index contributed by atoms with van der Waals surface area (Å²) in [6.07, 6.45) is -1.26. The van der Waals surface area contributed by atoms with Crippen LogP contribution in [0.1, 0.15) is 34.6 Å². The number of halogens is 1. The SMILES string of the molecule is CC(C)OC(=O)[C@@](C)(C(=O)[C@H]1NC(C)(C)CS1)N(c1ccc(OC(=O)N(C)C)cc1)S(=O)(=O)c1ccc(Cl)cc1. The normalized spacial score (nSPS) is 18.1. The van der Waals surface area contributed by atoms with Gasteiger partial charge in [0.2, 0.25) is 5.54 Å². The first-order valence-corrected chi connectivity index (χ1v) is 15.3. The van der Waals surface area contributed by atoms with Crippen LogP contribution in [0.3, 0.4) is 0 Å². The molecular formula is C27H34ClN3O7S2. The second-order valence-electron chi connectivity index (χ2n) is 10.6. The first-order valence-electron chi connectivity index (χ1n) is 12.4. The molecule has 0 saturated carbocycles. The van der Waals surface area contributed by atoms with Gasteiger partial charge in [-0.15, -0.1) is 11.8 Å². The number of rotatable bonds is 9. The molecule has 0 unspecified atom stereocenters. The molecule has 218 valence electrons. The number of amides is 1. The number of Topliss-reactive ketones (excluding diaryl/α,β-unsaturated/α-hetero) is 1. The molecule has 2 aromatic rings. The van der Waals surface area contributed by atoms with Crippen LogP contribution in [0, 0.1) is 0 Å². The van der Waals surface area contributed by atoms with Gasteiger partial charge in [0.05, 0.1) is 16.7 Å². The number of anilines is 1. The summed E-state index contributed by atoms with van der Waals surface area (Å²) in [5.74, 6) is -1.01. The Morgan fingerprint density at radius 3 is 2.12 bits per heavy atom. The maximum absolute atomic E-state index is 14.3. The number of esters is 1. The minimum atomic E-state index is -4.56. The molecule has 10 nitrogen and oxygen atoms in total. The van der Waals surface area contributed by atoms with E-state index in [1.165, 1.54) is 86.2 Å². The molecule has 1 N–H and O–H groups in total. The molecule has 0 spiro atoms. The molecule has 3 rings (SSSR count). The zero-order valence-corrected chi connectivity index (χ0v) is 25.8. The fraction of sp³-hybridized carbons (Fsp3) is 0.444. The van der Waals surface area contributed by atoms with Crippen molar-refractivity contribution >= 4 is 56.9 Å². The Hall–Kier alpha value is -2.80. The van der Waals surface area contributed by atoms with E-state index in [9.17, 15) is 22.8 Å². The second-order valence-corrected chi connectivity index (χ2v) is 13.9. The zero-order valence-electron chi connectivity index (χ0n) is 23.4. The van der Waals surface area contributed by atoms with Gasteiger partial charge >= 0.3 is 12.1 Å². The van der Waals surface area contributed by atoms with Crippen LogP contribution in [-0.2, 0) is 24.3 Å². The molecule has 1 aliphatic heterocycles. The van der Waals surface area contributed by atoms with Crippen molar-refractivity contribution in [3.8, 4) is 5.75 Å². The van der Waals surface area contributed by atoms with Gasteiger partial charge in [-0.25, -0.2) is 22.3 Å². The number of benzene rings is 2. The number of nitrogens with one attached hydrogen (secondary N) is 1. The predicted molar refractivity (Wildman–Crippen MR) is 155 cm³/mol. The number of ketones is 1. The Morgan fingerprint density at radius 1 is 1.07 bits per heavy atom. The number of nitrogens with zero attached hydrogens (tertiary/aromatic N) is 2. The highest BCUT2D eigenvalue weighted by Gasteiger charge is 2.57. The minimum Gasteiger partial charge on any atom is -0.461 e.